The SMILES string of the molecule is O=C(CSc1nc(-c2ccccc2)c(-c2ccccc2)o1)c1ccc[nH]1. The Morgan fingerprint density at radius 1 is 0.923 bits per heavy atom. The molecule has 4 rings (SSSR count). The highest BCUT2D eigenvalue weighted by Gasteiger charge is 2.18. The molecule has 0 saturated carbocycles. The van der Waals surface area contributed by atoms with Gasteiger partial charge in [0.05, 0.1) is 11.4 Å². The first-order chi connectivity index (χ1) is 12.8. The third-order valence-corrected chi connectivity index (χ3v) is 4.74. The number of ketones is 1. The predicted octanol–water partition coefficient (Wildman–Crippen LogP) is 5.31. The van der Waals surface area contributed by atoms with Gasteiger partial charge in [-0.2, -0.15) is 0 Å². The van der Waals surface area contributed by atoms with Crippen LogP contribution in [0.3, 0.4) is 0 Å². The number of thioether (sulfide) groups is 1. The number of benzene rings is 2. The second kappa shape index (κ2) is 7.45. The fraction of sp³-hybridized carbons (Fsp3) is 0.0476. The van der Waals surface area contributed by atoms with Crippen LogP contribution in [0.2, 0.25) is 0 Å². The Morgan fingerprint density at radius 2 is 1.62 bits per heavy atom. The van der Waals surface area contributed by atoms with Gasteiger partial charge in [-0.05, 0) is 12.1 Å². The number of nitrogens with one attached hydrogen (secondary N) is 1. The number of oxazole rings is 1. The molecule has 26 heavy (non-hydrogen) atoms. The number of nitrogens with zero attached hydrogens (tertiary/aromatic N) is 1. The summed E-state index contributed by atoms with van der Waals surface area (Å²) in [6.07, 6.45) is 1.74. The zero-order valence-corrected chi connectivity index (χ0v) is 14.7. The fourth-order valence-electron chi connectivity index (χ4n) is 2.65. The molecule has 0 fully saturated rings. The van der Waals surface area contributed by atoms with Crippen LogP contribution in [-0.2, 0) is 0 Å². The van der Waals surface area contributed by atoms with Crippen molar-refractivity contribution in [2.45, 2.75) is 5.22 Å². The number of aromatic nitrogens is 2. The van der Waals surface area contributed by atoms with Crippen LogP contribution in [0, 0.1) is 0 Å². The molecule has 2 aromatic carbocycles. The molecular weight excluding hydrogens is 344 g/mol. The van der Waals surface area contributed by atoms with Crippen molar-refractivity contribution in [1.82, 2.24) is 9.97 Å². The Morgan fingerprint density at radius 3 is 2.27 bits per heavy atom. The van der Waals surface area contributed by atoms with Gasteiger partial charge in [-0.1, -0.05) is 72.4 Å². The summed E-state index contributed by atoms with van der Waals surface area (Å²) in [6.45, 7) is 0. The van der Waals surface area contributed by atoms with E-state index < -0.39 is 0 Å². The third-order valence-electron chi connectivity index (χ3n) is 3.92. The lowest BCUT2D eigenvalue weighted by atomic mass is 10.1. The lowest BCUT2D eigenvalue weighted by Crippen LogP contribution is -2.02. The standard InChI is InChI=1S/C21H16N2O2S/c24-18(17-12-7-13-22-17)14-26-21-23-19(15-8-3-1-4-9-15)20(25-21)16-10-5-2-6-11-16/h1-13,22H,14H2. The van der Waals surface area contributed by atoms with Gasteiger partial charge >= 0.3 is 0 Å². The number of H-pyrrole nitrogens is 1. The Hall–Kier alpha value is -3.05. The van der Waals surface area contributed by atoms with Crippen molar-refractivity contribution in [3.05, 3.63) is 84.7 Å². The van der Waals surface area contributed by atoms with E-state index in [1.165, 1.54) is 11.8 Å². The zero-order chi connectivity index (χ0) is 17.8. The van der Waals surface area contributed by atoms with E-state index in [1.54, 1.807) is 12.3 Å². The van der Waals surface area contributed by atoms with Gasteiger partial charge in [0.1, 0.15) is 5.69 Å². The van der Waals surface area contributed by atoms with E-state index in [0.717, 1.165) is 16.8 Å². The maximum Gasteiger partial charge on any atom is 0.257 e. The van der Waals surface area contributed by atoms with Gasteiger partial charge < -0.3 is 9.40 Å². The number of Topliss-reactive ketones (excluding diaryl/α,β-unsaturated/α-hetero) is 1. The minimum atomic E-state index is 0.0146. The largest absolute Gasteiger partial charge is 0.431 e. The summed E-state index contributed by atoms with van der Waals surface area (Å²) in [5.74, 6) is 0.996. The van der Waals surface area contributed by atoms with Crippen LogP contribution in [0.25, 0.3) is 22.6 Å². The smallest absolute Gasteiger partial charge is 0.257 e. The first-order valence-electron chi connectivity index (χ1n) is 8.22. The van der Waals surface area contributed by atoms with E-state index in [-0.39, 0.29) is 11.5 Å². The molecule has 2 heterocycles. The second-order valence-corrected chi connectivity index (χ2v) is 6.61. The molecule has 1 N–H and O–H groups in total. The molecule has 2 aromatic heterocycles. The summed E-state index contributed by atoms with van der Waals surface area (Å²) in [4.78, 5) is 19.8. The molecule has 0 unspecified atom stereocenters. The van der Waals surface area contributed by atoms with Gasteiger partial charge in [0, 0.05) is 17.3 Å². The quantitative estimate of drug-likeness (QED) is 0.374. The highest BCUT2D eigenvalue weighted by Crippen LogP contribution is 2.35. The lowest BCUT2D eigenvalue weighted by molar-refractivity contribution is 0.101. The minimum absolute atomic E-state index is 0.0146. The van der Waals surface area contributed by atoms with E-state index in [1.807, 2.05) is 66.7 Å². The van der Waals surface area contributed by atoms with Crippen molar-refractivity contribution in [2.75, 3.05) is 5.75 Å². The van der Waals surface area contributed by atoms with E-state index in [0.29, 0.717) is 16.7 Å². The normalized spacial score (nSPS) is 10.8. The maximum atomic E-state index is 12.2. The average Bonchev–Trinajstić information content (AvgIpc) is 3.38. The zero-order valence-electron chi connectivity index (χ0n) is 13.9. The first-order valence-corrected chi connectivity index (χ1v) is 9.21. The summed E-state index contributed by atoms with van der Waals surface area (Å²) < 4.78 is 6.01. The van der Waals surface area contributed by atoms with E-state index in [9.17, 15) is 4.79 Å². The summed E-state index contributed by atoms with van der Waals surface area (Å²) in [5.41, 5.74) is 3.32. The van der Waals surface area contributed by atoms with Crippen molar-refractivity contribution >= 4 is 17.5 Å². The molecule has 0 atom stereocenters. The molecule has 4 nitrogen and oxygen atoms in total. The molecule has 0 aliphatic heterocycles. The maximum absolute atomic E-state index is 12.2. The lowest BCUT2D eigenvalue weighted by Gasteiger charge is -2.00. The number of hydrogen-bond donors (Lipinski definition) is 1. The second-order valence-electron chi connectivity index (χ2n) is 5.69. The Kier molecular flexibility index (Phi) is 4.71. The monoisotopic (exact) mass is 360 g/mol. The summed E-state index contributed by atoms with van der Waals surface area (Å²) >= 11 is 1.30. The van der Waals surface area contributed by atoms with E-state index in [2.05, 4.69) is 9.97 Å². The average molecular weight is 360 g/mol. The minimum Gasteiger partial charge on any atom is -0.431 e. The van der Waals surface area contributed by atoms with Gasteiger partial charge in [-0.15, -0.1) is 0 Å². The summed E-state index contributed by atoms with van der Waals surface area (Å²) in [5, 5.41) is 0.489. The number of hydrogen-bond acceptors (Lipinski definition) is 4. The predicted molar refractivity (Wildman–Crippen MR) is 103 cm³/mol. The molecule has 0 aliphatic rings. The molecular formula is C21H16N2O2S. The van der Waals surface area contributed by atoms with Gasteiger partial charge in [0.15, 0.2) is 11.5 Å². The van der Waals surface area contributed by atoms with Crippen LogP contribution in [0.15, 0.2) is 88.6 Å². The van der Waals surface area contributed by atoms with Crippen LogP contribution in [0.4, 0.5) is 0 Å². The van der Waals surface area contributed by atoms with Crippen LogP contribution in [-0.4, -0.2) is 21.5 Å². The van der Waals surface area contributed by atoms with Crippen LogP contribution < -0.4 is 0 Å². The molecule has 0 bridgehead atoms. The third kappa shape index (κ3) is 3.48. The van der Waals surface area contributed by atoms with Crippen LogP contribution in [0.5, 0.6) is 0 Å². The highest BCUT2D eigenvalue weighted by atomic mass is 32.2. The van der Waals surface area contributed by atoms with Gasteiger partial charge in [-0.3, -0.25) is 4.79 Å². The molecule has 5 heteroatoms. The molecule has 0 aliphatic carbocycles. The first kappa shape index (κ1) is 16.4. The highest BCUT2D eigenvalue weighted by molar-refractivity contribution is 7.99. The van der Waals surface area contributed by atoms with Crippen molar-refractivity contribution in [1.29, 1.82) is 0 Å². The van der Waals surface area contributed by atoms with Crippen molar-refractivity contribution in [3.63, 3.8) is 0 Å². The number of carbonyl (C=O) groups is 1. The van der Waals surface area contributed by atoms with E-state index >= 15 is 0 Å². The van der Waals surface area contributed by atoms with Gasteiger partial charge in [0.25, 0.3) is 5.22 Å². The summed E-state index contributed by atoms with van der Waals surface area (Å²) in [7, 11) is 0. The van der Waals surface area contributed by atoms with Crippen molar-refractivity contribution < 1.29 is 9.21 Å². The van der Waals surface area contributed by atoms with Crippen LogP contribution in [0.1, 0.15) is 10.5 Å². The van der Waals surface area contributed by atoms with Crippen molar-refractivity contribution in [2.24, 2.45) is 0 Å². The number of aromatic amines is 1. The van der Waals surface area contributed by atoms with Gasteiger partial charge in [0.2, 0.25) is 0 Å². The molecule has 0 radical (unpaired) electrons. The van der Waals surface area contributed by atoms with Crippen molar-refractivity contribution in [3.8, 4) is 22.6 Å². The van der Waals surface area contributed by atoms with Gasteiger partial charge in [-0.25, -0.2) is 4.98 Å². The Balaban J connectivity index is 1.64. The Bertz CT molecular complexity index is 936. The number of rotatable bonds is 6. The molecule has 0 spiro atoms. The summed E-state index contributed by atoms with van der Waals surface area (Å²) in [6, 6.07) is 23.4. The van der Waals surface area contributed by atoms with E-state index in [4.69, 9.17) is 4.42 Å². The van der Waals surface area contributed by atoms with Crippen LogP contribution >= 0.6 is 11.8 Å². The Labute approximate surface area is 155 Å². The molecule has 0 amide bonds. The fourth-order valence-corrected chi connectivity index (χ4v) is 3.36. The number of carbonyl (C=O) groups excluding carboxylic acids is 1. The molecule has 128 valence electrons. The molecule has 0 saturated heterocycles. The molecule has 4 aromatic rings. The topological polar surface area (TPSA) is 58.9 Å².